The van der Waals surface area contributed by atoms with Crippen LogP contribution in [0.25, 0.3) is 11.4 Å². The second kappa shape index (κ2) is 9.69. The van der Waals surface area contributed by atoms with Gasteiger partial charge in [-0.2, -0.15) is 4.98 Å². The number of aromatic nitrogens is 2. The molecule has 1 N–H and O–H groups in total. The van der Waals surface area contributed by atoms with Crippen molar-refractivity contribution in [3.05, 3.63) is 60.0 Å². The molecule has 1 aromatic heterocycles. The van der Waals surface area contributed by atoms with Gasteiger partial charge < -0.3 is 19.5 Å². The number of hydrogen-bond acceptors (Lipinski definition) is 6. The number of methoxy groups -OCH3 is 1. The molecule has 0 aliphatic rings. The molecule has 0 atom stereocenters. The number of carbonyl (C=O) groups excluding carboxylic acids is 2. The predicted octanol–water partition coefficient (Wildman–Crippen LogP) is 3.08. The quantitative estimate of drug-likeness (QED) is 0.615. The zero-order valence-electron chi connectivity index (χ0n) is 17.2. The third kappa shape index (κ3) is 5.66. The monoisotopic (exact) mass is 408 g/mol. The van der Waals surface area contributed by atoms with Crippen molar-refractivity contribution in [2.24, 2.45) is 0 Å². The maximum Gasteiger partial charge on any atom is 0.243 e. The van der Waals surface area contributed by atoms with Gasteiger partial charge in [-0.3, -0.25) is 9.59 Å². The molecule has 0 fully saturated rings. The van der Waals surface area contributed by atoms with Crippen LogP contribution < -0.4 is 10.1 Å². The van der Waals surface area contributed by atoms with Gasteiger partial charge in [0.2, 0.25) is 23.5 Å². The van der Waals surface area contributed by atoms with Gasteiger partial charge in [0.1, 0.15) is 5.75 Å². The summed E-state index contributed by atoms with van der Waals surface area (Å²) >= 11 is 0. The molecule has 0 aliphatic heterocycles. The van der Waals surface area contributed by atoms with Crippen molar-refractivity contribution in [2.75, 3.05) is 26.0 Å². The van der Waals surface area contributed by atoms with Gasteiger partial charge in [-0.05, 0) is 31.2 Å². The fourth-order valence-corrected chi connectivity index (χ4v) is 2.76. The van der Waals surface area contributed by atoms with Crippen LogP contribution in [0.2, 0.25) is 0 Å². The van der Waals surface area contributed by atoms with E-state index in [2.05, 4.69) is 15.5 Å². The van der Waals surface area contributed by atoms with Crippen molar-refractivity contribution in [3.63, 3.8) is 0 Å². The highest BCUT2D eigenvalue weighted by atomic mass is 16.5. The molecule has 8 nitrogen and oxygen atoms in total. The molecule has 8 heteroatoms. The highest BCUT2D eigenvalue weighted by Crippen LogP contribution is 2.17. The van der Waals surface area contributed by atoms with E-state index in [0.29, 0.717) is 29.6 Å². The lowest BCUT2D eigenvalue weighted by atomic mass is 10.1. The normalized spacial score (nSPS) is 10.5. The summed E-state index contributed by atoms with van der Waals surface area (Å²) in [6.07, 6.45) is 0.476. The Morgan fingerprint density at radius 2 is 1.80 bits per heavy atom. The van der Waals surface area contributed by atoms with Crippen LogP contribution in [0.1, 0.15) is 17.9 Å². The highest BCUT2D eigenvalue weighted by molar-refractivity contribution is 5.94. The number of likely N-dealkylation sites (N-methyl/N-ethyl adjacent to an activating group) is 1. The van der Waals surface area contributed by atoms with Crippen molar-refractivity contribution < 1.29 is 18.8 Å². The van der Waals surface area contributed by atoms with Crippen molar-refractivity contribution in [1.82, 2.24) is 15.0 Å². The second-order valence-electron chi connectivity index (χ2n) is 6.90. The minimum Gasteiger partial charge on any atom is -0.497 e. The van der Waals surface area contributed by atoms with Crippen molar-refractivity contribution in [2.45, 2.75) is 19.8 Å². The van der Waals surface area contributed by atoms with Gasteiger partial charge in [0.15, 0.2) is 0 Å². The zero-order chi connectivity index (χ0) is 21.5. The molecule has 0 aliphatic carbocycles. The third-order valence-corrected chi connectivity index (χ3v) is 4.51. The molecule has 0 radical (unpaired) electrons. The Hall–Kier alpha value is -3.68. The summed E-state index contributed by atoms with van der Waals surface area (Å²) in [7, 11) is 3.16. The molecule has 3 rings (SSSR count). The summed E-state index contributed by atoms with van der Waals surface area (Å²) in [6, 6.07) is 14.8. The number of hydrogen-bond donors (Lipinski definition) is 1. The summed E-state index contributed by atoms with van der Waals surface area (Å²) in [5.41, 5.74) is 2.64. The van der Waals surface area contributed by atoms with Gasteiger partial charge in [0, 0.05) is 31.1 Å². The molecule has 0 saturated heterocycles. The number of benzene rings is 2. The summed E-state index contributed by atoms with van der Waals surface area (Å²) < 4.78 is 10.3. The minimum atomic E-state index is -0.282. The first-order valence-electron chi connectivity index (χ1n) is 9.52. The third-order valence-electron chi connectivity index (χ3n) is 4.51. The Morgan fingerprint density at radius 1 is 1.10 bits per heavy atom. The van der Waals surface area contributed by atoms with Crippen LogP contribution in [-0.4, -0.2) is 47.6 Å². The van der Waals surface area contributed by atoms with Gasteiger partial charge in [0.05, 0.1) is 13.7 Å². The van der Waals surface area contributed by atoms with E-state index in [1.165, 1.54) is 4.90 Å². The fourth-order valence-electron chi connectivity index (χ4n) is 2.76. The molecule has 156 valence electrons. The standard InChI is InChI=1S/C22H24N4O4/c1-15-4-6-16(7-5-15)22-24-20(30-25-22)12-13-21(28)26(2)14-19(27)23-17-8-10-18(29-3)11-9-17/h4-11H,12-14H2,1-3H3,(H,23,27). The van der Waals surface area contributed by atoms with Crippen LogP contribution in [0, 0.1) is 6.92 Å². The lowest BCUT2D eigenvalue weighted by molar-refractivity contribution is -0.133. The van der Waals surface area contributed by atoms with Crippen LogP contribution in [0.5, 0.6) is 5.75 Å². The Kier molecular flexibility index (Phi) is 6.79. The number of nitrogens with one attached hydrogen (secondary N) is 1. The number of nitrogens with zero attached hydrogens (tertiary/aromatic N) is 3. The van der Waals surface area contributed by atoms with Gasteiger partial charge in [-0.1, -0.05) is 35.0 Å². The number of anilines is 1. The average Bonchev–Trinajstić information content (AvgIpc) is 3.22. The van der Waals surface area contributed by atoms with Crippen molar-refractivity contribution in [1.29, 1.82) is 0 Å². The molecular weight excluding hydrogens is 384 g/mol. The fraction of sp³-hybridized carbons (Fsp3) is 0.273. The molecule has 0 spiro atoms. The Bertz CT molecular complexity index is 997. The zero-order valence-corrected chi connectivity index (χ0v) is 17.2. The molecule has 2 aromatic carbocycles. The minimum absolute atomic E-state index is 0.0523. The summed E-state index contributed by atoms with van der Waals surface area (Å²) in [5.74, 6) is 1.11. The number of carbonyl (C=O) groups is 2. The first kappa shape index (κ1) is 21.0. The molecule has 30 heavy (non-hydrogen) atoms. The van der Waals surface area contributed by atoms with Crippen molar-refractivity contribution in [3.8, 4) is 17.1 Å². The first-order chi connectivity index (χ1) is 14.4. The summed E-state index contributed by atoms with van der Waals surface area (Å²) in [6.45, 7) is 1.95. The van der Waals surface area contributed by atoms with Gasteiger partial charge in [-0.25, -0.2) is 0 Å². The van der Waals surface area contributed by atoms with E-state index in [4.69, 9.17) is 9.26 Å². The van der Waals surface area contributed by atoms with Crippen LogP contribution in [-0.2, 0) is 16.0 Å². The molecule has 0 unspecified atom stereocenters. The van der Waals surface area contributed by atoms with E-state index >= 15 is 0 Å². The lowest BCUT2D eigenvalue weighted by Crippen LogP contribution is -2.35. The molecule has 0 bridgehead atoms. The van der Waals surface area contributed by atoms with Crippen LogP contribution in [0.4, 0.5) is 5.69 Å². The molecule has 2 amide bonds. The number of ether oxygens (including phenoxy) is 1. The average molecular weight is 408 g/mol. The van der Waals surface area contributed by atoms with E-state index < -0.39 is 0 Å². The number of aryl methyl sites for hydroxylation is 2. The second-order valence-corrected chi connectivity index (χ2v) is 6.90. The van der Waals surface area contributed by atoms with E-state index in [1.807, 2.05) is 31.2 Å². The van der Waals surface area contributed by atoms with E-state index in [9.17, 15) is 9.59 Å². The van der Waals surface area contributed by atoms with Crippen LogP contribution >= 0.6 is 0 Å². The van der Waals surface area contributed by atoms with Gasteiger partial charge in [0.25, 0.3) is 0 Å². The number of amides is 2. The summed E-state index contributed by atoms with van der Waals surface area (Å²) in [5, 5.41) is 6.71. The Labute approximate surface area is 174 Å². The largest absolute Gasteiger partial charge is 0.497 e. The maximum atomic E-state index is 12.3. The van der Waals surface area contributed by atoms with Crippen LogP contribution in [0.3, 0.4) is 0 Å². The Morgan fingerprint density at radius 3 is 2.47 bits per heavy atom. The molecular formula is C22H24N4O4. The molecule has 0 saturated carbocycles. The summed E-state index contributed by atoms with van der Waals surface area (Å²) in [4.78, 5) is 30.2. The van der Waals surface area contributed by atoms with Crippen molar-refractivity contribution >= 4 is 17.5 Å². The SMILES string of the molecule is COc1ccc(NC(=O)CN(C)C(=O)CCc2nc(-c3ccc(C)cc3)no2)cc1. The topological polar surface area (TPSA) is 97.6 Å². The van der Waals surface area contributed by atoms with E-state index in [1.54, 1.807) is 38.4 Å². The highest BCUT2D eigenvalue weighted by Gasteiger charge is 2.16. The van der Waals surface area contributed by atoms with Crippen LogP contribution in [0.15, 0.2) is 53.1 Å². The lowest BCUT2D eigenvalue weighted by Gasteiger charge is -2.16. The van der Waals surface area contributed by atoms with Gasteiger partial charge in [-0.15, -0.1) is 0 Å². The van der Waals surface area contributed by atoms with E-state index in [-0.39, 0.29) is 24.8 Å². The van der Waals surface area contributed by atoms with Gasteiger partial charge >= 0.3 is 0 Å². The number of rotatable bonds is 8. The maximum absolute atomic E-state index is 12.3. The molecule has 3 aromatic rings. The molecule has 1 heterocycles. The van der Waals surface area contributed by atoms with E-state index in [0.717, 1.165) is 11.1 Å². The first-order valence-corrected chi connectivity index (χ1v) is 9.52. The predicted molar refractivity (Wildman–Crippen MR) is 112 cm³/mol. The Balaban J connectivity index is 1.47. The smallest absolute Gasteiger partial charge is 0.243 e.